The van der Waals surface area contributed by atoms with Crippen molar-refractivity contribution >= 4 is 23.2 Å². The number of amides is 1. The topological polar surface area (TPSA) is 58.1 Å². The Kier molecular flexibility index (Phi) is 5.40. The molecule has 0 saturated carbocycles. The van der Waals surface area contributed by atoms with Crippen LogP contribution in [0.1, 0.15) is 22.8 Å². The number of anilines is 3. The third kappa shape index (κ3) is 4.25. The summed E-state index contributed by atoms with van der Waals surface area (Å²) in [6, 6.07) is 11.1. The lowest BCUT2D eigenvalue weighted by Crippen LogP contribution is -2.20. The van der Waals surface area contributed by atoms with E-state index in [1.54, 1.807) is 0 Å². The highest BCUT2D eigenvalue weighted by Crippen LogP contribution is 2.22. The van der Waals surface area contributed by atoms with E-state index in [-0.39, 0.29) is 11.3 Å². The maximum absolute atomic E-state index is 13.2. The molecule has 2 aromatic carbocycles. The normalized spacial score (nSPS) is 10.5. The van der Waals surface area contributed by atoms with Crippen LogP contribution in [0.15, 0.2) is 54.9 Å². The molecule has 0 saturated heterocycles. The van der Waals surface area contributed by atoms with Gasteiger partial charge >= 0.3 is 0 Å². The molecule has 0 unspecified atom stereocenters. The molecule has 27 heavy (non-hydrogen) atoms. The van der Waals surface area contributed by atoms with Crippen molar-refractivity contribution in [2.24, 2.45) is 0 Å². The Balaban J connectivity index is 1.77. The SMILES string of the molecule is CCN(c1cccc(C)c1)c1ncc(C(=O)Nc2ccc(F)c(F)c2)cn1. The summed E-state index contributed by atoms with van der Waals surface area (Å²) < 4.78 is 26.2. The van der Waals surface area contributed by atoms with E-state index in [9.17, 15) is 13.6 Å². The van der Waals surface area contributed by atoms with Crippen LogP contribution < -0.4 is 10.2 Å². The Morgan fingerprint density at radius 3 is 2.44 bits per heavy atom. The van der Waals surface area contributed by atoms with Crippen LogP contribution in [0.25, 0.3) is 0 Å². The minimum atomic E-state index is -1.03. The minimum Gasteiger partial charge on any atom is -0.322 e. The van der Waals surface area contributed by atoms with E-state index in [0.717, 1.165) is 23.4 Å². The van der Waals surface area contributed by atoms with Gasteiger partial charge in [0, 0.05) is 36.4 Å². The Labute approximate surface area is 155 Å². The van der Waals surface area contributed by atoms with Crippen LogP contribution in [0.5, 0.6) is 0 Å². The van der Waals surface area contributed by atoms with Gasteiger partial charge in [-0.1, -0.05) is 12.1 Å². The third-order valence-corrected chi connectivity index (χ3v) is 3.95. The Morgan fingerprint density at radius 1 is 1.07 bits per heavy atom. The first-order valence-corrected chi connectivity index (χ1v) is 8.40. The summed E-state index contributed by atoms with van der Waals surface area (Å²) in [6.07, 6.45) is 2.80. The van der Waals surface area contributed by atoms with Crippen molar-refractivity contribution in [3.8, 4) is 0 Å². The van der Waals surface area contributed by atoms with Crippen molar-refractivity contribution in [2.75, 3.05) is 16.8 Å². The smallest absolute Gasteiger partial charge is 0.258 e. The number of halogens is 2. The van der Waals surface area contributed by atoms with Gasteiger partial charge in [-0.15, -0.1) is 0 Å². The number of nitrogens with one attached hydrogen (secondary N) is 1. The first-order chi connectivity index (χ1) is 13.0. The molecule has 0 fully saturated rings. The number of aryl methyl sites for hydroxylation is 1. The number of hydrogen-bond donors (Lipinski definition) is 1. The standard InChI is InChI=1S/C20H18F2N4O/c1-3-26(16-6-4-5-13(2)9-16)20-23-11-14(12-24-20)19(27)25-15-7-8-17(21)18(22)10-15/h4-12H,3H2,1-2H3,(H,25,27). The highest BCUT2D eigenvalue weighted by molar-refractivity contribution is 6.03. The largest absolute Gasteiger partial charge is 0.322 e. The lowest BCUT2D eigenvalue weighted by atomic mass is 10.2. The van der Waals surface area contributed by atoms with Crippen LogP contribution in [-0.4, -0.2) is 22.4 Å². The van der Waals surface area contributed by atoms with Crippen LogP contribution in [-0.2, 0) is 0 Å². The molecule has 1 amide bonds. The van der Waals surface area contributed by atoms with Gasteiger partial charge in [0.05, 0.1) is 5.56 Å². The molecule has 1 aromatic heterocycles. The fourth-order valence-corrected chi connectivity index (χ4v) is 2.59. The van der Waals surface area contributed by atoms with Gasteiger partial charge < -0.3 is 10.2 Å². The Bertz CT molecular complexity index is 960. The molecule has 0 spiro atoms. The second-order valence-corrected chi connectivity index (χ2v) is 5.94. The predicted octanol–water partition coefficient (Wildman–Crippen LogP) is 4.47. The van der Waals surface area contributed by atoms with E-state index in [0.29, 0.717) is 12.5 Å². The first kappa shape index (κ1) is 18.4. The summed E-state index contributed by atoms with van der Waals surface area (Å²) in [5, 5.41) is 2.49. The molecule has 0 aliphatic rings. The molecule has 0 aliphatic heterocycles. The summed E-state index contributed by atoms with van der Waals surface area (Å²) in [5.41, 5.74) is 2.44. The zero-order valence-corrected chi connectivity index (χ0v) is 14.9. The van der Waals surface area contributed by atoms with E-state index in [1.807, 2.05) is 43.0 Å². The number of carbonyl (C=O) groups is 1. The zero-order chi connectivity index (χ0) is 19.4. The van der Waals surface area contributed by atoms with E-state index in [4.69, 9.17) is 0 Å². The second kappa shape index (κ2) is 7.90. The van der Waals surface area contributed by atoms with E-state index in [2.05, 4.69) is 15.3 Å². The molecule has 5 nitrogen and oxygen atoms in total. The second-order valence-electron chi connectivity index (χ2n) is 5.94. The zero-order valence-electron chi connectivity index (χ0n) is 14.9. The van der Waals surface area contributed by atoms with Crippen molar-refractivity contribution in [2.45, 2.75) is 13.8 Å². The summed E-state index contributed by atoms with van der Waals surface area (Å²) in [7, 11) is 0. The van der Waals surface area contributed by atoms with Gasteiger partial charge in [-0.2, -0.15) is 0 Å². The minimum absolute atomic E-state index is 0.151. The predicted molar refractivity (Wildman–Crippen MR) is 100 cm³/mol. The van der Waals surface area contributed by atoms with Crippen LogP contribution in [0.4, 0.5) is 26.1 Å². The Hall–Kier alpha value is -3.35. The number of carbonyl (C=O) groups excluding carboxylic acids is 1. The fraction of sp³-hybridized carbons (Fsp3) is 0.150. The fourth-order valence-electron chi connectivity index (χ4n) is 2.59. The monoisotopic (exact) mass is 368 g/mol. The van der Waals surface area contributed by atoms with E-state index >= 15 is 0 Å². The average Bonchev–Trinajstić information content (AvgIpc) is 2.66. The van der Waals surface area contributed by atoms with Crippen LogP contribution in [0.2, 0.25) is 0 Å². The van der Waals surface area contributed by atoms with Gasteiger partial charge in [0.25, 0.3) is 5.91 Å². The van der Waals surface area contributed by atoms with Crippen LogP contribution in [0, 0.1) is 18.6 Å². The summed E-state index contributed by atoms with van der Waals surface area (Å²) in [5.74, 6) is -2.05. The summed E-state index contributed by atoms with van der Waals surface area (Å²) in [4.78, 5) is 22.7. The van der Waals surface area contributed by atoms with Gasteiger partial charge in [0.15, 0.2) is 11.6 Å². The number of nitrogens with zero attached hydrogens (tertiary/aromatic N) is 3. The maximum Gasteiger partial charge on any atom is 0.258 e. The van der Waals surface area contributed by atoms with E-state index in [1.165, 1.54) is 18.5 Å². The molecule has 7 heteroatoms. The molecule has 138 valence electrons. The molecular weight excluding hydrogens is 350 g/mol. The first-order valence-electron chi connectivity index (χ1n) is 8.40. The molecule has 0 atom stereocenters. The molecule has 0 bridgehead atoms. The number of benzene rings is 2. The maximum atomic E-state index is 13.2. The van der Waals surface area contributed by atoms with Crippen molar-refractivity contribution < 1.29 is 13.6 Å². The molecule has 0 aliphatic carbocycles. The average molecular weight is 368 g/mol. The molecular formula is C20H18F2N4O. The lowest BCUT2D eigenvalue weighted by molar-refractivity contribution is 0.102. The third-order valence-electron chi connectivity index (χ3n) is 3.95. The quantitative estimate of drug-likeness (QED) is 0.722. The van der Waals surface area contributed by atoms with Gasteiger partial charge in [-0.05, 0) is 43.7 Å². The number of hydrogen-bond acceptors (Lipinski definition) is 4. The van der Waals surface area contributed by atoms with Gasteiger partial charge in [-0.3, -0.25) is 4.79 Å². The highest BCUT2D eigenvalue weighted by Gasteiger charge is 2.13. The molecule has 3 aromatic rings. The highest BCUT2D eigenvalue weighted by atomic mass is 19.2. The van der Waals surface area contributed by atoms with Crippen LogP contribution in [0.3, 0.4) is 0 Å². The van der Waals surface area contributed by atoms with Gasteiger partial charge in [0.2, 0.25) is 5.95 Å². The molecule has 0 radical (unpaired) electrons. The molecule has 1 N–H and O–H groups in total. The van der Waals surface area contributed by atoms with Crippen molar-refractivity contribution in [1.82, 2.24) is 9.97 Å². The van der Waals surface area contributed by atoms with Crippen molar-refractivity contribution in [3.05, 3.63) is 77.6 Å². The van der Waals surface area contributed by atoms with E-state index < -0.39 is 17.5 Å². The number of rotatable bonds is 5. The van der Waals surface area contributed by atoms with Crippen LogP contribution >= 0.6 is 0 Å². The van der Waals surface area contributed by atoms with Crippen molar-refractivity contribution in [3.63, 3.8) is 0 Å². The Morgan fingerprint density at radius 2 is 1.81 bits per heavy atom. The van der Waals surface area contributed by atoms with Gasteiger partial charge in [0.1, 0.15) is 0 Å². The molecule has 1 heterocycles. The summed E-state index contributed by atoms with van der Waals surface area (Å²) in [6.45, 7) is 4.64. The summed E-state index contributed by atoms with van der Waals surface area (Å²) >= 11 is 0. The number of aromatic nitrogens is 2. The van der Waals surface area contributed by atoms with Crippen molar-refractivity contribution in [1.29, 1.82) is 0 Å². The van der Waals surface area contributed by atoms with Gasteiger partial charge in [-0.25, -0.2) is 18.7 Å². The molecule has 3 rings (SSSR count). The lowest BCUT2D eigenvalue weighted by Gasteiger charge is -2.21.